The Morgan fingerprint density at radius 2 is 2.25 bits per heavy atom. The molecule has 3 N–H and O–H groups in total. The minimum Gasteiger partial charge on any atom is -0.378 e. The van der Waals surface area contributed by atoms with Crippen LogP contribution in [0.5, 0.6) is 0 Å². The Morgan fingerprint density at radius 3 is 2.88 bits per heavy atom. The third kappa shape index (κ3) is 2.96. The van der Waals surface area contributed by atoms with Crippen LogP contribution in [0, 0.1) is 5.41 Å². The molecule has 3 unspecified atom stereocenters. The smallest absolute Gasteiger partial charge is 0.0588 e. The van der Waals surface area contributed by atoms with Crippen molar-refractivity contribution in [3.63, 3.8) is 0 Å². The molecule has 1 saturated carbocycles. The van der Waals surface area contributed by atoms with E-state index in [1.807, 2.05) is 0 Å². The quantitative estimate of drug-likeness (QED) is 0.701. The summed E-state index contributed by atoms with van der Waals surface area (Å²) in [6.45, 7) is 5.44. The van der Waals surface area contributed by atoms with E-state index in [-0.39, 0.29) is 0 Å². The highest BCUT2D eigenvalue weighted by atomic mass is 16.5. The molecule has 0 aromatic rings. The Bertz CT molecular complexity index is 216. The van der Waals surface area contributed by atoms with E-state index in [0.717, 1.165) is 26.1 Å². The predicted octanol–water partition coefficient (Wildman–Crippen LogP) is 1.66. The fourth-order valence-electron chi connectivity index (χ4n) is 2.99. The average molecular weight is 226 g/mol. The highest BCUT2D eigenvalue weighted by Crippen LogP contribution is 2.35. The van der Waals surface area contributed by atoms with Crippen LogP contribution in [0.3, 0.4) is 0 Å². The number of hydrogen-bond donors (Lipinski definition) is 2. The van der Waals surface area contributed by atoms with E-state index in [0.29, 0.717) is 17.6 Å². The van der Waals surface area contributed by atoms with Gasteiger partial charge in [0.05, 0.1) is 6.10 Å². The lowest BCUT2D eigenvalue weighted by Crippen LogP contribution is -2.42. The van der Waals surface area contributed by atoms with Gasteiger partial charge in [0.15, 0.2) is 0 Å². The average Bonchev–Trinajstić information content (AvgIpc) is 2.86. The van der Waals surface area contributed by atoms with Crippen molar-refractivity contribution in [3.8, 4) is 0 Å². The first-order chi connectivity index (χ1) is 7.71. The summed E-state index contributed by atoms with van der Waals surface area (Å²) < 4.78 is 5.61. The molecular weight excluding hydrogens is 200 g/mol. The van der Waals surface area contributed by atoms with Crippen LogP contribution in [0.2, 0.25) is 0 Å². The lowest BCUT2D eigenvalue weighted by molar-refractivity contribution is 0.103. The van der Waals surface area contributed by atoms with E-state index in [4.69, 9.17) is 10.5 Å². The van der Waals surface area contributed by atoms with Gasteiger partial charge in [-0.25, -0.2) is 0 Å². The minimum absolute atomic E-state index is 0.330. The zero-order chi connectivity index (χ0) is 11.4. The van der Waals surface area contributed by atoms with Gasteiger partial charge in [-0.1, -0.05) is 13.3 Å². The van der Waals surface area contributed by atoms with Crippen molar-refractivity contribution in [3.05, 3.63) is 0 Å². The lowest BCUT2D eigenvalue weighted by atomic mass is 9.85. The van der Waals surface area contributed by atoms with Crippen LogP contribution in [0.4, 0.5) is 0 Å². The summed E-state index contributed by atoms with van der Waals surface area (Å²) in [5, 5.41) is 3.57. The van der Waals surface area contributed by atoms with Crippen molar-refractivity contribution in [1.82, 2.24) is 5.32 Å². The van der Waals surface area contributed by atoms with E-state index in [1.165, 1.54) is 32.1 Å². The topological polar surface area (TPSA) is 47.3 Å². The van der Waals surface area contributed by atoms with Gasteiger partial charge in [0.2, 0.25) is 0 Å². The van der Waals surface area contributed by atoms with E-state index >= 15 is 0 Å². The third-order valence-corrected chi connectivity index (χ3v) is 4.35. The lowest BCUT2D eigenvalue weighted by Gasteiger charge is -2.29. The van der Waals surface area contributed by atoms with Crippen LogP contribution >= 0.6 is 0 Å². The molecule has 0 radical (unpaired) electrons. The van der Waals surface area contributed by atoms with E-state index in [1.54, 1.807) is 0 Å². The Hall–Kier alpha value is -0.120. The van der Waals surface area contributed by atoms with Crippen LogP contribution in [0.1, 0.15) is 45.4 Å². The molecule has 2 aliphatic rings. The van der Waals surface area contributed by atoms with Crippen molar-refractivity contribution in [2.75, 3.05) is 19.7 Å². The molecular formula is C13H26N2O. The van der Waals surface area contributed by atoms with Gasteiger partial charge in [-0.05, 0) is 44.1 Å². The molecule has 3 heteroatoms. The van der Waals surface area contributed by atoms with E-state index in [9.17, 15) is 0 Å². The Kier molecular flexibility index (Phi) is 4.22. The van der Waals surface area contributed by atoms with Gasteiger partial charge in [-0.15, -0.1) is 0 Å². The van der Waals surface area contributed by atoms with Crippen molar-refractivity contribution in [1.29, 1.82) is 0 Å². The van der Waals surface area contributed by atoms with Crippen molar-refractivity contribution in [2.45, 2.75) is 57.6 Å². The molecule has 0 spiro atoms. The fraction of sp³-hybridized carbons (Fsp3) is 1.00. The highest BCUT2D eigenvalue weighted by molar-refractivity contribution is 4.92. The molecule has 1 saturated heterocycles. The molecule has 94 valence electrons. The minimum atomic E-state index is 0.330. The largest absolute Gasteiger partial charge is 0.378 e. The standard InChI is InChI=1S/C13H26N2O/c1-13(7-2-5-12(13)14)10-15-8-6-11-4-3-9-16-11/h11-12,15H,2-10,14H2,1H3. The monoisotopic (exact) mass is 226 g/mol. The van der Waals surface area contributed by atoms with Crippen LogP contribution in [-0.4, -0.2) is 31.8 Å². The highest BCUT2D eigenvalue weighted by Gasteiger charge is 2.35. The second-order valence-electron chi connectivity index (χ2n) is 5.75. The second kappa shape index (κ2) is 5.48. The van der Waals surface area contributed by atoms with Gasteiger partial charge in [0.25, 0.3) is 0 Å². The maximum Gasteiger partial charge on any atom is 0.0588 e. The van der Waals surface area contributed by atoms with E-state index < -0.39 is 0 Å². The van der Waals surface area contributed by atoms with Gasteiger partial charge >= 0.3 is 0 Å². The van der Waals surface area contributed by atoms with Gasteiger partial charge in [0.1, 0.15) is 0 Å². The van der Waals surface area contributed by atoms with Gasteiger partial charge in [-0.2, -0.15) is 0 Å². The summed E-state index contributed by atoms with van der Waals surface area (Å²) in [6.07, 6.45) is 7.94. The summed E-state index contributed by atoms with van der Waals surface area (Å²) in [7, 11) is 0. The molecule has 0 aromatic carbocycles. The van der Waals surface area contributed by atoms with Crippen molar-refractivity contribution >= 4 is 0 Å². The number of rotatable bonds is 5. The van der Waals surface area contributed by atoms with Gasteiger partial charge in [0, 0.05) is 19.2 Å². The fourth-order valence-corrected chi connectivity index (χ4v) is 2.99. The normalized spacial score (nSPS) is 39.4. The number of hydrogen-bond acceptors (Lipinski definition) is 3. The predicted molar refractivity (Wildman–Crippen MR) is 66.4 cm³/mol. The maximum atomic E-state index is 6.15. The summed E-state index contributed by atoms with van der Waals surface area (Å²) in [4.78, 5) is 0. The first-order valence-electron chi connectivity index (χ1n) is 6.79. The molecule has 2 rings (SSSR count). The zero-order valence-corrected chi connectivity index (χ0v) is 10.5. The molecule has 0 bridgehead atoms. The van der Waals surface area contributed by atoms with E-state index in [2.05, 4.69) is 12.2 Å². The van der Waals surface area contributed by atoms with Crippen LogP contribution in [0.15, 0.2) is 0 Å². The van der Waals surface area contributed by atoms with Gasteiger partial charge in [-0.3, -0.25) is 0 Å². The summed E-state index contributed by atoms with van der Waals surface area (Å²) in [5.41, 5.74) is 6.48. The molecule has 16 heavy (non-hydrogen) atoms. The van der Waals surface area contributed by atoms with Crippen molar-refractivity contribution in [2.24, 2.45) is 11.1 Å². The summed E-state index contributed by atoms with van der Waals surface area (Å²) in [6, 6.07) is 0.391. The molecule has 3 atom stereocenters. The summed E-state index contributed by atoms with van der Waals surface area (Å²) >= 11 is 0. The molecule has 2 fully saturated rings. The molecule has 1 aliphatic heterocycles. The second-order valence-corrected chi connectivity index (χ2v) is 5.75. The molecule has 0 aromatic heterocycles. The van der Waals surface area contributed by atoms with Crippen LogP contribution in [0.25, 0.3) is 0 Å². The molecule has 0 amide bonds. The maximum absolute atomic E-state index is 6.15. The third-order valence-electron chi connectivity index (χ3n) is 4.35. The Morgan fingerprint density at radius 1 is 1.38 bits per heavy atom. The SMILES string of the molecule is CC1(CNCCC2CCCO2)CCCC1N. The zero-order valence-electron chi connectivity index (χ0n) is 10.5. The number of nitrogens with two attached hydrogens (primary N) is 1. The Balaban J connectivity index is 1.60. The molecule has 1 aliphatic carbocycles. The molecule has 1 heterocycles. The number of nitrogens with one attached hydrogen (secondary N) is 1. The first kappa shape index (κ1) is 12.3. The van der Waals surface area contributed by atoms with Crippen molar-refractivity contribution < 1.29 is 4.74 Å². The van der Waals surface area contributed by atoms with Crippen LogP contribution in [-0.2, 0) is 4.74 Å². The number of ether oxygens (including phenoxy) is 1. The Labute approximate surface area is 99.1 Å². The summed E-state index contributed by atoms with van der Waals surface area (Å²) in [5.74, 6) is 0. The van der Waals surface area contributed by atoms with Crippen LogP contribution < -0.4 is 11.1 Å². The first-order valence-corrected chi connectivity index (χ1v) is 6.79. The van der Waals surface area contributed by atoms with Gasteiger partial charge < -0.3 is 15.8 Å². The molecule has 3 nitrogen and oxygen atoms in total.